The number of nitrogens with zero attached hydrogens (tertiary/aromatic N) is 3. The van der Waals surface area contributed by atoms with Crippen molar-refractivity contribution in [3.05, 3.63) is 54.4 Å². The highest BCUT2D eigenvalue weighted by molar-refractivity contribution is 5.95. The number of carbonyl (C=O) groups is 1. The summed E-state index contributed by atoms with van der Waals surface area (Å²) in [6, 6.07) is 11.0. The zero-order valence-corrected chi connectivity index (χ0v) is 10.3. The van der Waals surface area contributed by atoms with Crippen LogP contribution >= 0.6 is 0 Å². The Balaban J connectivity index is 2.13. The Kier molecular flexibility index (Phi) is 2.72. The number of aromatic nitrogens is 3. The fourth-order valence-electron chi connectivity index (χ4n) is 2.01. The molecular weight excluding hydrogens is 242 g/mol. The van der Waals surface area contributed by atoms with Crippen molar-refractivity contribution in [2.45, 2.75) is 0 Å². The first-order valence-electron chi connectivity index (χ1n) is 5.77. The van der Waals surface area contributed by atoms with Crippen molar-refractivity contribution in [1.29, 1.82) is 0 Å². The number of fused-ring (bicyclic) bond motifs is 1. The van der Waals surface area contributed by atoms with E-state index in [-0.39, 0.29) is 5.97 Å². The van der Waals surface area contributed by atoms with Crippen LogP contribution in [0.3, 0.4) is 0 Å². The monoisotopic (exact) mass is 253 g/mol. The summed E-state index contributed by atoms with van der Waals surface area (Å²) in [4.78, 5) is 11.5. The quantitative estimate of drug-likeness (QED) is 0.657. The van der Waals surface area contributed by atoms with Crippen molar-refractivity contribution < 1.29 is 9.53 Å². The summed E-state index contributed by atoms with van der Waals surface area (Å²) in [5, 5.41) is 8.88. The molecule has 0 fully saturated rings. The van der Waals surface area contributed by atoms with E-state index in [0.29, 0.717) is 5.56 Å². The highest BCUT2D eigenvalue weighted by atomic mass is 16.5. The maximum atomic E-state index is 11.5. The summed E-state index contributed by atoms with van der Waals surface area (Å²) < 4.78 is 6.63. The van der Waals surface area contributed by atoms with Gasteiger partial charge in [-0.25, -0.2) is 4.79 Å². The zero-order valence-electron chi connectivity index (χ0n) is 10.3. The van der Waals surface area contributed by atoms with Gasteiger partial charge in [-0.3, -0.25) is 4.57 Å². The van der Waals surface area contributed by atoms with Crippen LogP contribution in [0.25, 0.3) is 16.7 Å². The van der Waals surface area contributed by atoms with Crippen LogP contribution in [0, 0.1) is 0 Å². The number of ether oxygens (including phenoxy) is 1. The van der Waals surface area contributed by atoms with Crippen LogP contribution in [0.1, 0.15) is 10.4 Å². The molecular formula is C14H11N3O2. The van der Waals surface area contributed by atoms with E-state index >= 15 is 0 Å². The van der Waals surface area contributed by atoms with E-state index in [2.05, 4.69) is 10.2 Å². The standard InChI is InChI=1S/C14H11N3O2/c1-19-14(18)11-4-5-12-10(9-11)6-8-17(12)13-3-2-7-15-16-13/h2-9H,1H3. The van der Waals surface area contributed by atoms with E-state index in [1.54, 1.807) is 18.3 Å². The molecule has 0 saturated carbocycles. The lowest BCUT2D eigenvalue weighted by molar-refractivity contribution is 0.0601. The third-order valence-corrected chi connectivity index (χ3v) is 2.92. The average Bonchev–Trinajstić information content (AvgIpc) is 2.90. The van der Waals surface area contributed by atoms with Crippen molar-refractivity contribution in [3.8, 4) is 5.82 Å². The maximum Gasteiger partial charge on any atom is 0.337 e. The smallest absolute Gasteiger partial charge is 0.337 e. The number of hydrogen-bond donors (Lipinski definition) is 0. The van der Waals surface area contributed by atoms with Gasteiger partial charge < -0.3 is 4.74 Å². The van der Waals surface area contributed by atoms with Gasteiger partial charge in [0.1, 0.15) is 0 Å². The summed E-state index contributed by atoms with van der Waals surface area (Å²) in [5.74, 6) is 0.400. The van der Waals surface area contributed by atoms with Gasteiger partial charge in [0.25, 0.3) is 0 Å². The first-order valence-corrected chi connectivity index (χ1v) is 5.77. The molecule has 5 heteroatoms. The van der Waals surface area contributed by atoms with Gasteiger partial charge in [-0.2, -0.15) is 5.10 Å². The lowest BCUT2D eigenvalue weighted by atomic mass is 10.1. The molecule has 3 aromatic rings. The molecule has 0 radical (unpaired) electrons. The predicted molar refractivity (Wildman–Crippen MR) is 70.2 cm³/mol. The Morgan fingerprint density at radius 2 is 2.16 bits per heavy atom. The summed E-state index contributed by atoms with van der Waals surface area (Å²) in [7, 11) is 1.37. The van der Waals surface area contributed by atoms with Gasteiger partial charge in [-0.1, -0.05) is 0 Å². The van der Waals surface area contributed by atoms with E-state index in [1.807, 2.05) is 35.0 Å². The van der Waals surface area contributed by atoms with E-state index in [9.17, 15) is 4.79 Å². The van der Waals surface area contributed by atoms with Gasteiger partial charge in [0.05, 0.1) is 18.2 Å². The summed E-state index contributed by atoms with van der Waals surface area (Å²) >= 11 is 0. The Morgan fingerprint density at radius 3 is 2.89 bits per heavy atom. The van der Waals surface area contributed by atoms with Crippen molar-refractivity contribution >= 4 is 16.9 Å². The van der Waals surface area contributed by atoms with Crippen molar-refractivity contribution in [2.24, 2.45) is 0 Å². The van der Waals surface area contributed by atoms with Gasteiger partial charge in [0.2, 0.25) is 0 Å². The van der Waals surface area contributed by atoms with Crippen LogP contribution in [0.2, 0.25) is 0 Å². The first-order chi connectivity index (χ1) is 9.29. The highest BCUT2D eigenvalue weighted by Crippen LogP contribution is 2.20. The molecule has 0 unspecified atom stereocenters. The van der Waals surface area contributed by atoms with Crippen LogP contribution in [-0.4, -0.2) is 27.8 Å². The fraction of sp³-hybridized carbons (Fsp3) is 0.0714. The largest absolute Gasteiger partial charge is 0.465 e. The highest BCUT2D eigenvalue weighted by Gasteiger charge is 2.09. The SMILES string of the molecule is COC(=O)c1ccc2c(ccn2-c2cccnn2)c1. The molecule has 0 aliphatic carbocycles. The zero-order chi connectivity index (χ0) is 13.2. The second kappa shape index (κ2) is 4.53. The topological polar surface area (TPSA) is 57.0 Å². The molecule has 0 saturated heterocycles. The van der Waals surface area contributed by atoms with Gasteiger partial charge in [0, 0.05) is 17.8 Å². The molecule has 0 aliphatic rings. The Hall–Kier alpha value is -2.69. The van der Waals surface area contributed by atoms with Crippen LogP contribution in [0.4, 0.5) is 0 Å². The van der Waals surface area contributed by atoms with Gasteiger partial charge in [0.15, 0.2) is 5.82 Å². The number of benzene rings is 1. The summed E-state index contributed by atoms with van der Waals surface area (Å²) in [5.41, 5.74) is 1.50. The van der Waals surface area contributed by atoms with Gasteiger partial charge >= 0.3 is 5.97 Å². The van der Waals surface area contributed by atoms with Crippen LogP contribution < -0.4 is 0 Å². The Morgan fingerprint density at radius 1 is 1.26 bits per heavy atom. The normalized spacial score (nSPS) is 10.6. The maximum absolute atomic E-state index is 11.5. The lowest BCUT2D eigenvalue weighted by Crippen LogP contribution is -2.01. The molecule has 0 bridgehead atoms. The second-order valence-corrected chi connectivity index (χ2v) is 4.03. The number of rotatable bonds is 2. The molecule has 0 aliphatic heterocycles. The molecule has 2 aromatic heterocycles. The van der Waals surface area contributed by atoms with Crippen molar-refractivity contribution in [1.82, 2.24) is 14.8 Å². The number of esters is 1. The van der Waals surface area contributed by atoms with E-state index in [1.165, 1.54) is 7.11 Å². The second-order valence-electron chi connectivity index (χ2n) is 4.03. The third kappa shape index (κ3) is 1.95. The minimum atomic E-state index is -0.339. The summed E-state index contributed by atoms with van der Waals surface area (Å²) in [6.07, 6.45) is 3.53. The van der Waals surface area contributed by atoms with E-state index in [0.717, 1.165) is 16.7 Å². The minimum absolute atomic E-state index is 0.339. The van der Waals surface area contributed by atoms with E-state index < -0.39 is 0 Å². The Labute approximate surface area is 109 Å². The molecule has 3 rings (SSSR count). The van der Waals surface area contributed by atoms with Gasteiger partial charge in [-0.15, -0.1) is 5.10 Å². The van der Waals surface area contributed by atoms with Crippen LogP contribution in [0.15, 0.2) is 48.8 Å². The first kappa shape index (κ1) is 11.4. The summed E-state index contributed by atoms with van der Waals surface area (Å²) in [6.45, 7) is 0. The molecule has 19 heavy (non-hydrogen) atoms. The Bertz CT molecular complexity index is 735. The molecule has 5 nitrogen and oxygen atoms in total. The van der Waals surface area contributed by atoms with Crippen molar-refractivity contribution in [3.63, 3.8) is 0 Å². The van der Waals surface area contributed by atoms with Crippen LogP contribution in [-0.2, 0) is 4.74 Å². The third-order valence-electron chi connectivity index (χ3n) is 2.92. The van der Waals surface area contributed by atoms with E-state index in [4.69, 9.17) is 4.74 Å². The molecule has 0 amide bonds. The molecule has 1 aromatic carbocycles. The molecule has 0 spiro atoms. The fourth-order valence-corrected chi connectivity index (χ4v) is 2.01. The number of methoxy groups -OCH3 is 1. The van der Waals surface area contributed by atoms with Crippen LogP contribution in [0.5, 0.6) is 0 Å². The van der Waals surface area contributed by atoms with Gasteiger partial charge in [-0.05, 0) is 36.4 Å². The minimum Gasteiger partial charge on any atom is -0.465 e. The molecule has 0 atom stereocenters. The molecule has 94 valence electrons. The predicted octanol–water partition coefficient (Wildman–Crippen LogP) is 2.21. The molecule has 0 N–H and O–H groups in total. The number of carbonyl (C=O) groups excluding carboxylic acids is 1. The van der Waals surface area contributed by atoms with Crippen molar-refractivity contribution in [2.75, 3.05) is 7.11 Å². The number of hydrogen-bond acceptors (Lipinski definition) is 4. The molecule has 2 heterocycles. The lowest BCUT2D eigenvalue weighted by Gasteiger charge is -2.04. The average molecular weight is 253 g/mol.